The summed E-state index contributed by atoms with van der Waals surface area (Å²) in [7, 11) is 0. The fourth-order valence-corrected chi connectivity index (χ4v) is 3.07. The van der Waals surface area contributed by atoms with Gasteiger partial charge in [0.2, 0.25) is 0 Å². The monoisotopic (exact) mass is 270 g/mol. The highest BCUT2D eigenvalue weighted by atomic mass is 16.5. The molecule has 2 saturated heterocycles. The summed E-state index contributed by atoms with van der Waals surface area (Å²) in [5.41, 5.74) is -0.566. The molecule has 2 fully saturated rings. The van der Waals surface area contributed by atoms with Gasteiger partial charge in [0.1, 0.15) is 5.60 Å². The fourth-order valence-electron chi connectivity index (χ4n) is 3.07. The third kappa shape index (κ3) is 4.01. The van der Waals surface area contributed by atoms with Gasteiger partial charge >= 0.3 is 0 Å². The van der Waals surface area contributed by atoms with Crippen LogP contribution in [0.3, 0.4) is 0 Å². The van der Waals surface area contributed by atoms with E-state index in [0.717, 1.165) is 25.9 Å². The first-order valence-corrected chi connectivity index (χ1v) is 7.63. The van der Waals surface area contributed by atoms with Crippen LogP contribution >= 0.6 is 0 Å². The Kier molecular flexibility index (Phi) is 5.79. The maximum absolute atomic E-state index is 12.5. The molecule has 0 N–H and O–H groups in total. The number of carbonyl (C=O) groups excluding carboxylic acids is 1. The van der Waals surface area contributed by atoms with Gasteiger partial charge in [0.25, 0.3) is 0 Å². The summed E-state index contributed by atoms with van der Waals surface area (Å²) in [5, 5.41) is 0. The van der Waals surface area contributed by atoms with Crippen molar-refractivity contribution in [2.24, 2.45) is 0 Å². The lowest BCUT2D eigenvalue weighted by atomic mass is 9.86. The van der Waals surface area contributed by atoms with Crippen LogP contribution in [0.25, 0.3) is 0 Å². The molecular weight excluding hydrogens is 244 g/mol. The fraction of sp³-hybridized carbons (Fsp3) is 0.933. The van der Waals surface area contributed by atoms with Gasteiger partial charge in [0.15, 0.2) is 5.78 Å². The second kappa shape index (κ2) is 7.36. The lowest BCUT2D eigenvalue weighted by Crippen LogP contribution is -2.46. The zero-order chi connectivity index (χ0) is 13.6. The van der Waals surface area contributed by atoms with Gasteiger partial charge in [-0.25, -0.2) is 0 Å². The number of rotatable bonds is 7. The summed E-state index contributed by atoms with van der Waals surface area (Å²) in [5.74, 6) is 0.260. The Bertz CT molecular complexity index is 272. The van der Waals surface area contributed by atoms with Gasteiger partial charge in [-0.1, -0.05) is 0 Å². The largest absolute Gasteiger partial charge is 0.381 e. The number of carbonyl (C=O) groups is 1. The zero-order valence-corrected chi connectivity index (χ0v) is 12.0. The minimum absolute atomic E-state index is 0.260. The van der Waals surface area contributed by atoms with Gasteiger partial charge in [-0.3, -0.25) is 4.79 Å². The third-order valence-electron chi connectivity index (χ3n) is 4.18. The maximum Gasteiger partial charge on any atom is 0.164 e. The molecule has 0 radical (unpaired) electrons. The standard InChI is InChI=1S/C15H26O4/c1-2-19-15(8-11-17-12-9-15)14(16)7-3-5-13-6-4-10-18-13/h13H,2-12H2,1H3. The second-order valence-corrected chi connectivity index (χ2v) is 5.49. The van der Waals surface area contributed by atoms with E-state index in [1.54, 1.807) is 0 Å². The molecule has 110 valence electrons. The number of ketones is 1. The van der Waals surface area contributed by atoms with Crippen molar-refractivity contribution in [2.45, 2.75) is 63.6 Å². The number of hydrogen-bond donors (Lipinski definition) is 0. The summed E-state index contributed by atoms with van der Waals surface area (Å²) >= 11 is 0. The van der Waals surface area contributed by atoms with E-state index in [9.17, 15) is 4.79 Å². The Morgan fingerprint density at radius 1 is 1.32 bits per heavy atom. The Morgan fingerprint density at radius 2 is 2.11 bits per heavy atom. The normalized spacial score (nSPS) is 26.5. The van der Waals surface area contributed by atoms with Gasteiger partial charge < -0.3 is 14.2 Å². The van der Waals surface area contributed by atoms with Gasteiger partial charge in [-0.2, -0.15) is 0 Å². The van der Waals surface area contributed by atoms with Crippen LogP contribution in [0.2, 0.25) is 0 Å². The molecule has 2 aliphatic heterocycles. The molecule has 2 heterocycles. The number of hydrogen-bond acceptors (Lipinski definition) is 4. The van der Waals surface area contributed by atoms with E-state index in [1.165, 1.54) is 6.42 Å². The van der Waals surface area contributed by atoms with Gasteiger partial charge in [0.05, 0.1) is 6.10 Å². The zero-order valence-electron chi connectivity index (χ0n) is 12.0. The molecule has 1 atom stereocenters. The van der Waals surface area contributed by atoms with Crippen molar-refractivity contribution in [3.05, 3.63) is 0 Å². The average Bonchev–Trinajstić information content (AvgIpc) is 2.93. The molecule has 0 amide bonds. The summed E-state index contributed by atoms with van der Waals surface area (Å²) in [4.78, 5) is 12.5. The first-order chi connectivity index (χ1) is 9.27. The highest BCUT2D eigenvalue weighted by Gasteiger charge is 2.39. The minimum atomic E-state index is -0.566. The van der Waals surface area contributed by atoms with Crippen molar-refractivity contribution < 1.29 is 19.0 Å². The molecule has 2 rings (SSSR count). The first kappa shape index (κ1) is 14.9. The highest BCUT2D eigenvalue weighted by Crippen LogP contribution is 2.29. The molecular formula is C15H26O4. The van der Waals surface area contributed by atoms with E-state index in [1.807, 2.05) is 6.92 Å². The lowest BCUT2D eigenvalue weighted by molar-refractivity contribution is -0.157. The molecule has 0 bridgehead atoms. The Hall–Kier alpha value is -0.450. The molecule has 0 aromatic rings. The van der Waals surface area contributed by atoms with Crippen LogP contribution in [0.5, 0.6) is 0 Å². The average molecular weight is 270 g/mol. The van der Waals surface area contributed by atoms with E-state index in [0.29, 0.717) is 45.2 Å². The van der Waals surface area contributed by atoms with Gasteiger partial charge in [0, 0.05) is 45.7 Å². The van der Waals surface area contributed by atoms with Gasteiger partial charge in [-0.15, -0.1) is 0 Å². The predicted octanol–water partition coefficient (Wildman–Crippen LogP) is 2.49. The molecule has 0 aromatic carbocycles. The first-order valence-electron chi connectivity index (χ1n) is 7.63. The summed E-state index contributed by atoms with van der Waals surface area (Å²) < 4.78 is 16.7. The van der Waals surface area contributed by atoms with Crippen LogP contribution in [0.1, 0.15) is 51.9 Å². The summed E-state index contributed by atoms with van der Waals surface area (Å²) in [6.45, 7) is 4.71. The van der Waals surface area contributed by atoms with Crippen molar-refractivity contribution >= 4 is 5.78 Å². The topological polar surface area (TPSA) is 44.8 Å². The quantitative estimate of drug-likeness (QED) is 0.713. The van der Waals surface area contributed by atoms with E-state index >= 15 is 0 Å². The summed E-state index contributed by atoms with van der Waals surface area (Å²) in [6, 6.07) is 0. The van der Waals surface area contributed by atoms with Crippen LogP contribution in [0.4, 0.5) is 0 Å². The number of ether oxygens (including phenoxy) is 3. The number of Topliss-reactive ketones (excluding diaryl/α,β-unsaturated/α-hetero) is 1. The molecule has 0 spiro atoms. The second-order valence-electron chi connectivity index (χ2n) is 5.49. The van der Waals surface area contributed by atoms with Crippen molar-refractivity contribution in [3.63, 3.8) is 0 Å². The van der Waals surface area contributed by atoms with E-state index in [2.05, 4.69) is 0 Å². The molecule has 4 nitrogen and oxygen atoms in total. The third-order valence-corrected chi connectivity index (χ3v) is 4.18. The molecule has 0 aliphatic carbocycles. The molecule has 0 aromatic heterocycles. The van der Waals surface area contributed by atoms with Crippen molar-refractivity contribution in [1.82, 2.24) is 0 Å². The molecule has 1 unspecified atom stereocenters. The highest BCUT2D eigenvalue weighted by molar-refractivity contribution is 5.87. The smallest absolute Gasteiger partial charge is 0.164 e. The van der Waals surface area contributed by atoms with E-state index in [-0.39, 0.29) is 5.78 Å². The summed E-state index contributed by atoms with van der Waals surface area (Å²) in [6.07, 6.45) is 6.64. The van der Waals surface area contributed by atoms with Crippen LogP contribution in [-0.4, -0.2) is 43.9 Å². The Labute approximate surface area is 115 Å². The van der Waals surface area contributed by atoms with E-state index in [4.69, 9.17) is 14.2 Å². The van der Waals surface area contributed by atoms with Crippen LogP contribution < -0.4 is 0 Å². The van der Waals surface area contributed by atoms with Gasteiger partial charge in [-0.05, 0) is 32.6 Å². The molecule has 2 aliphatic rings. The maximum atomic E-state index is 12.5. The molecule has 4 heteroatoms. The molecule has 0 saturated carbocycles. The lowest BCUT2D eigenvalue weighted by Gasteiger charge is -2.35. The van der Waals surface area contributed by atoms with Crippen LogP contribution in [0, 0.1) is 0 Å². The predicted molar refractivity (Wildman–Crippen MR) is 72.2 cm³/mol. The SMILES string of the molecule is CCOC1(C(=O)CCCC2CCCO2)CCOCC1. The Morgan fingerprint density at radius 3 is 2.74 bits per heavy atom. The Balaban J connectivity index is 1.78. The van der Waals surface area contributed by atoms with Crippen molar-refractivity contribution in [2.75, 3.05) is 26.4 Å². The molecule has 19 heavy (non-hydrogen) atoms. The van der Waals surface area contributed by atoms with Crippen molar-refractivity contribution in [1.29, 1.82) is 0 Å². The van der Waals surface area contributed by atoms with Crippen LogP contribution in [0.15, 0.2) is 0 Å². The minimum Gasteiger partial charge on any atom is -0.381 e. The van der Waals surface area contributed by atoms with Crippen molar-refractivity contribution in [3.8, 4) is 0 Å². The van der Waals surface area contributed by atoms with E-state index < -0.39 is 5.60 Å². The van der Waals surface area contributed by atoms with Crippen LogP contribution in [-0.2, 0) is 19.0 Å².